The summed E-state index contributed by atoms with van der Waals surface area (Å²) in [7, 11) is -3.61. The van der Waals surface area contributed by atoms with Crippen LogP contribution in [0.1, 0.15) is 18.1 Å². The van der Waals surface area contributed by atoms with Gasteiger partial charge in [-0.25, -0.2) is 8.42 Å². The molecule has 112 valence electrons. The quantitative estimate of drug-likeness (QED) is 0.888. The number of anilines is 2. The highest BCUT2D eigenvalue weighted by atomic mass is 32.2. The summed E-state index contributed by atoms with van der Waals surface area (Å²) in [6.45, 7) is 6.46. The summed E-state index contributed by atoms with van der Waals surface area (Å²) in [6.07, 6.45) is 0. The number of hydrogen-bond donors (Lipinski definition) is 2. The summed E-state index contributed by atoms with van der Waals surface area (Å²) in [5.74, 6) is 0. The van der Waals surface area contributed by atoms with Gasteiger partial charge in [0, 0.05) is 6.54 Å². The normalized spacial score (nSPS) is 11.2. The van der Waals surface area contributed by atoms with Crippen molar-refractivity contribution < 1.29 is 8.42 Å². The molecule has 0 bridgehead atoms. The average Bonchev–Trinajstić information content (AvgIpc) is 2.43. The molecule has 0 aliphatic carbocycles. The van der Waals surface area contributed by atoms with Crippen molar-refractivity contribution in [3.05, 3.63) is 53.6 Å². The van der Waals surface area contributed by atoms with E-state index in [-0.39, 0.29) is 4.90 Å². The van der Waals surface area contributed by atoms with Gasteiger partial charge in [-0.2, -0.15) is 0 Å². The molecule has 0 aliphatic rings. The van der Waals surface area contributed by atoms with E-state index >= 15 is 0 Å². The lowest BCUT2D eigenvalue weighted by Gasteiger charge is -2.14. The van der Waals surface area contributed by atoms with Crippen LogP contribution in [0.15, 0.2) is 47.4 Å². The Morgan fingerprint density at radius 1 is 1.00 bits per heavy atom. The van der Waals surface area contributed by atoms with Crippen molar-refractivity contribution >= 4 is 21.4 Å². The lowest BCUT2D eigenvalue weighted by atomic mass is 10.1. The molecule has 0 radical (unpaired) electrons. The Hall–Kier alpha value is -2.01. The molecule has 0 saturated carbocycles. The largest absolute Gasteiger partial charge is 0.384 e. The van der Waals surface area contributed by atoms with Crippen LogP contribution in [0.3, 0.4) is 0 Å². The van der Waals surface area contributed by atoms with E-state index in [1.54, 1.807) is 24.3 Å². The molecular weight excluding hydrogens is 284 g/mol. The monoisotopic (exact) mass is 304 g/mol. The second-order valence-electron chi connectivity index (χ2n) is 4.95. The standard InChI is InChI=1S/C16H20N2O2S/c1-4-17-15-7-5-6-8-16(15)21(19,20)18-14-10-9-12(2)11-13(14)3/h5-11,17-18H,4H2,1-3H3. The molecule has 0 fully saturated rings. The molecule has 0 aromatic heterocycles. The van der Waals surface area contributed by atoms with Gasteiger partial charge in [0.25, 0.3) is 10.0 Å². The second kappa shape index (κ2) is 6.18. The van der Waals surface area contributed by atoms with Gasteiger partial charge in [-0.05, 0) is 44.5 Å². The van der Waals surface area contributed by atoms with Gasteiger partial charge in [-0.1, -0.05) is 29.8 Å². The minimum atomic E-state index is -3.61. The zero-order chi connectivity index (χ0) is 15.5. The molecule has 0 spiro atoms. The smallest absolute Gasteiger partial charge is 0.263 e. The summed E-state index contributed by atoms with van der Waals surface area (Å²) in [6, 6.07) is 12.5. The molecule has 21 heavy (non-hydrogen) atoms. The van der Waals surface area contributed by atoms with Gasteiger partial charge in [0.15, 0.2) is 0 Å². The molecular formula is C16H20N2O2S. The summed E-state index contributed by atoms with van der Waals surface area (Å²) in [4.78, 5) is 0.256. The van der Waals surface area contributed by atoms with Crippen LogP contribution in [0.2, 0.25) is 0 Å². The Morgan fingerprint density at radius 2 is 1.71 bits per heavy atom. The van der Waals surface area contributed by atoms with Gasteiger partial charge in [0.2, 0.25) is 0 Å². The van der Waals surface area contributed by atoms with Crippen molar-refractivity contribution in [3.8, 4) is 0 Å². The topological polar surface area (TPSA) is 58.2 Å². The molecule has 2 aromatic rings. The third kappa shape index (κ3) is 3.55. The van der Waals surface area contributed by atoms with E-state index in [0.717, 1.165) is 11.1 Å². The first kappa shape index (κ1) is 15.4. The lowest BCUT2D eigenvalue weighted by molar-refractivity contribution is 0.601. The molecule has 0 heterocycles. The van der Waals surface area contributed by atoms with Crippen molar-refractivity contribution in [2.75, 3.05) is 16.6 Å². The van der Waals surface area contributed by atoms with Crippen LogP contribution in [0, 0.1) is 13.8 Å². The molecule has 2 rings (SSSR count). The van der Waals surface area contributed by atoms with Gasteiger partial charge < -0.3 is 5.32 Å². The highest BCUT2D eigenvalue weighted by Crippen LogP contribution is 2.25. The summed E-state index contributed by atoms with van der Waals surface area (Å²) in [5.41, 5.74) is 3.21. The van der Waals surface area contributed by atoms with Crippen molar-refractivity contribution in [2.45, 2.75) is 25.7 Å². The molecule has 0 atom stereocenters. The maximum absolute atomic E-state index is 12.6. The molecule has 2 aromatic carbocycles. The number of sulfonamides is 1. The Labute approximate surface area is 126 Å². The molecule has 0 amide bonds. The molecule has 0 saturated heterocycles. The highest BCUT2D eigenvalue weighted by molar-refractivity contribution is 7.92. The zero-order valence-corrected chi connectivity index (χ0v) is 13.3. The molecule has 5 heteroatoms. The van der Waals surface area contributed by atoms with Crippen LogP contribution in [0.25, 0.3) is 0 Å². The van der Waals surface area contributed by atoms with Gasteiger partial charge >= 0.3 is 0 Å². The summed E-state index contributed by atoms with van der Waals surface area (Å²) >= 11 is 0. The molecule has 4 nitrogen and oxygen atoms in total. The maximum atomic E-state index is 12.6. The minimum Gasteiger partial charge on any atom is -0.384 e. The number of hydrogen-bond acceptors (Lipinski definition) is 3. The zero-order valence-electron chi connectivity index (χ0n) is 12.5. The van der Waals surface area contributed by atoms with Crippen molar-refractivity contribution in [3.63, 3.8) is 0 Å². The maximum Gasteiger partial charge on any atom is 0.263 e. The van der Waals surface area contributed by atoms with Crippen LogP contribution in [-0.4, -0.2) is 15.0 Å². The van der Waals surface area contributed by atoms with Crippen molar-refractivity contribution in [1.29, 1.82) is 0 Å². The summed E-state index contributed by atoms with van der Waals surface area (Å²) in [5, 5.41) is 3.07. The Balaban J connectivity index is 2.39. The third-order valence-corrected chi connectivity index (χ3v) is 4.59. The number of benzene rings is 2. The van der Waals surface area contributed by atoms with E-state index in [1.807, 2.05) is 39.0 Å². The summed E-state index contributed by atoms with van der Waals surface area (Å²) < 4.78 is 27.8. The van der Waals surface area contributed by atoms with Crippen molar-refractivity contribution in [2.24, 2.45) is 0 Å². The van der Waals surface area contributed by atoms with Crippen LogP contribution >= 0.6 is 0 Å². The number of aryl methyl sites for hydroxylation is 2. The van der Waals surface area contributed by atoms with E-state index in [9.17, 15) is 8.42 Å². The van der Waals surface area contributed by atoms with Crippen LogP contribution < -0.4 is 10.0 Å². The Kier molecular flexibility index (Phi) is 4.53. The fourth-order valence-electron chi connectivity index (χ4n) is 2.17. The molecule has 0 unspecified atom stereocenters. The SMILES string of the molecule is CCNc1ccccc1S(=O)(=O)Nc1ccc(C)cc1C. The molecule has 0 aliphatic heterocycles. The van der Waals surface area contributed by atoms with Crippen molar-refractivity contribution in [1.82, 2.24) is 0 Å². The fourth-order valence-corrected chi connectivity index (χ4v) is 3.48. The van der Waals surface area contributed by atoms with Gasteiger partial charge in [0.1, 0.15) is 4.90 Å². The average molecular weight is 304 g/mol. The molecule has 2 N–H and O–H groups in total. The predicted octanol–water partition coefficient (Wildman–Crippen LogP) is 3.54. The number of rotatable bonds is 5. The van der Waals surface area contributed by atoms with E-state index in [1.165, 1.54) is 0 Å². The third-order valence-electron chi connectivity index (χ3n) is 3.17. The minimum absolute atomic E-state index is 0.256. The van der Waals surface area contributed by atoms with Crippen LogP contribution in [0.4, 0.5) is 11.4 Å². The lowest BCUT2D eigenvalue weighted by Crippen LogP contribution is -2.16. The Morgan fingerprint density at radius 3 is 2.38 bits per heavy atom. The van der Waals surface area contributed by atoms with Gasteiger partial charge in [-0.15, -0.1) is 0 Å². The van der Waals surface area contributed by atoms with Gasteiger partial charge in [-0.3, -0.25) is 4.72 Å². The first-order chi connectivity index (χ1) is 9.94. The fraction of sp³-hybridized carbons (Fsp3) is 0.250. The van der Waals surface area contributed by atoms with E-state index in [2.05, 4.69) is 10.0 Å². The first-order valence-electron chi connectivity index (χ1n) is 6.87. The van der Waals surface area contributed by atoms with E-state index in [4.69, 9.17) is 0 Å². The highest BCUT2D eigenvalue weighted by Gasteiger charge is 2.18. The second-order valence-corrected chi connectivity index (χ2v) is 6.60. The Bertz CT molecular complexity index is 740. The number of nitrogens with one attached hydrogen (secondary N) is 2. The van der Waals surface area contributed by atoms with E-state index in [0.29, 0.717) is 17.9 Å². The van der Waals surface area contributed by atoms with Crippen LogP contribution in [0.5, 0.6) is 0 Å². The van der Waals surface area contributed by atoms with Crippen LogP contribution in [-0.2, 0) is 10.0 Å². The number of para-hydroxylation sites is 1. The van der Waals surface area contributed by atoms with Gasteiger partial charge in [0.05, 0.1) is 11.4 Å². The first-order valence-corrected chi connectivity index (χ1v) is 8.35. The predicted molar refractivity (Wildman–Crippen MR) is 87.3 cm³/mol. The van der Waals surface area contributed by atoms with E-state index < -0.39 is 10.0 Å².